The number of piperidine rings is 4. The SMILES string of the molecule is C/C=C/C=C/C(=O)OC1=CC[C@@]2(O)[C@H]3Cc4ccc(O)c5c4[C@@]2(CCN3C)[C@H]1O5.CC(=O)OC1=CC[C@@]2(O)[C@H]3Cc4ccc(O)c5c4[C@@]2(CCN3C)[C@H]1O5.CC(=O)[C@@H](O)CC(=O)N[C@@H](C)C(=O)OC1=CC[C@@]2(O)[C@H]3Cc4ccc(O)c5c4[C@@]2(CCN3C)[C@H]1O5.CC(C)C(=O)N[C@@H](C)C(=O)OC1=CC[C@@]2(O)[C@H]3Cc4ccc(O)c5c4[C@@]2(CCN3C)[C@H]1O5.O=CC(F)(F)F.O=CC(F)(F)F.O=CC(F)(F)F.O=CC(F)(F)F. The number of phenols is 4. The van der Waals surface area contributed by atoms with E-state index in [0.717, 1.165) is 64.1 Å². The van der Waals surface area contributed by atoms with E-state index < -0.39 is 179 Å². The molecule has 20 rings (SSSR count). The zero-order valence-electron chi connectivity index (χ0n) is 80.1. The summed E-state index contributed by atoms with van der Waals surface area (Å²) in [5.41, 5.74) is 0.208. The Morgan fingerprint density at radius 2 is 0.690 bits per heavy atom. The number of ether oxygens (including phenoxy) is 8. The van der Waals surface area contributed by atoms with E-state index in [2.05, 4.69) is 30.2 Å². The Bertz CT molecular complexity index is 5930. The van der Waals surface area contributed by atoms with Crippen molar-refractivity contribution < 1.29 is 189 Å². The van der Waals surface area contributed by atoms with Crippen molar-refractivity contribution >= 4 is 66.6 Å². The van der Waals surface area contributed by atoms with Crippen LogP contribution in [0.25, 0.3) is 0 Å². The lowest BCUT2D eigenvalue weighted by Gasteiger charge is -2.61. The van der Waals surface area contributed by atoms with Crippen molar-refractivity contribution in [2.24, 2.45) is 5.92 Å². The third-order valence-electron chi connectivity index (χ3n) is 30.2. The molecule has 4 aromatic carbocycles. The molecule has 8 aliphatic heterocycles. The number of benzene rings is 4. The number of amides is 2. The fourth-order valence-corrected chi connectivity index (χ4v) is 23.8. The lowest BCUT2D eigenvalue weighted by Crippen LogP contribution is -2.74. The molecular formula is C99H110F12N6O28. The van der Waals surface area contributed by atoms with Crippen LogP contribution in [0.5, 0.6) is 46.0 Å². The summed E-state index contributed by atoms with van der Waals surface area (Å²) in [5, 5.41) is 105. The summed E-state index contributed by atoms with van der Waals surface area (Å²) in [5.74, 6) is -0.803. The number of nitrogens with one attached hydrogen (secondary N) is 2. The number of rotatable bonds is 14. The summed E-state index contributed by atoms with van der Waals surface area (Å²) in [4.78, 5) is 128. The molecule has 4 spiro atoms. The highest BCUT2D eigenvalue weighted by Crippen LogP contribution is 2.71. The quantitative estimate of drug-likeness (QED) is 0.0142. The molecule has 19 atom stereocenters. The van der Waals surface area contributed by atoms with Gasteiger partial charge >= 0.3 is 48.6 Å². The van der Waals surface area contributed by atoms with Gasteiger partial charge in [-0.05, 0) is 204 Å². The lowest BCUT2D eigenvalue weighted by atomic mass is 9.50. The first-order valence-corrected chi connectivity index (χ1v) is 46.3. The maximum atomic E-state index is 12.9. The first-order valence-electron chi connectivity index (χ1n) is 46.3. The highest BCUT2D eigenvalue weighted by molar-refractivity contribution is 5.90. The number of likely N-dealkylation sites (N-methyl/N-ethyl adjacent to an activating group) is 4. The number of hydrogen-bond donors (Lipinski definition) is 11. The van der Waals surface area contributed by atoms with Gasteiger partial charge in [0.25, 0.3) is 0 Å². The Labute approximate surface area is 821 Å². The van der Waals surface area contributed by atoms with Gasteiger partial charge in [0.15, 0.2) is 76.2 Å². The van der Waals surface area contributed by atoms with Gasteiger partial charge in [-0.3, -0.25) is 38.4 Å². The molecule has 8 aliphatic carbocycles. The van der Waals surface area contributed by atoms with E-state index in [1.165, 1.54) is 26.8 Å². The van der Waals surface area contributed by atoms with Crippen LogP contribution in [0.3, 0.4) is 0 Å². The fraction of sp³-hybridized carbons (Fsp3) is 0.525. The summed E-state index contributed by atoms with van der Waals surface area (Å²) in [6.07, 6.45) is -7.42. The molecule has 145 heavy (non-hydrogen) atoms. The molecule has 34 nitrogen and oxygen atoms in total. The minimum Gasteiger partial charge on any atom is -0.504 e. The average molecular weight is 2060 g/mol. The van der Waals surface area contributed by atoms with Crippen LogP contribution in [0.15, 0.2) is 120 Å². The Kier molecular flexibility index (Phi) is 30.7. The van der Waals surface area contributed by atoms with Crippen LogP contribution in [0, 0.1) is 5.92 Å². The van der Waals surface area contributed by atoms with Gasteiger partial charge in [0.1, 0.15) is 41.2 Å². The Morgan fingerprint density at radius 3 is 0.938 bits per heavy atom. The standard InChI is InChI=1S/C25H30N2O8.C24H30N2O6.C23H25NO5.C19H21NO5.4C2HF3O/c1-12(26-19(31)11-16(30)13(2)28)23(32)34-17-6-7-25(33)18-10-14-4-5-15(29)21-20(14)24(25,22(17)35-21)8-9-27(18)3;1-12(2)21(28)25-13(3)22(29)31-16-7-8-24(30)17-11-14-5-6-15(27)19-18(14)23(24,20(16)32-19)9-10-26(17)4;1-3-4-5-6-18(26)28-16-9-10-23(27)17-13-14-7-8-15(25)20-19(14)22(23,21(16)29-20)11-12-24(17)2;1-10(21)24-13-5-6-19(23)14-9-11-3-4-12(22)16-15(11)18(19,17(13)25-16)7-8-20(14)2;4*3-2(4,5)1-6/h4-6,12,16,18,22,29-30,33H,7-11H2,1-3H3,(H,26,31);5-7,12-13,17,20,27,30H,8-11H2,1-4H3,(H,25,28);3-9,17,21,25,27H,10-13H2,1-2H3;3-5,14,17,22-23H,6-9H2,1-2H3;4*1H/b;;4-3+,6-5+;;;;;/t12-,16-,18+,22-,24-,25+;13-,17+,20-,23-,24+;17-,21+,22+,23-;14-,17+,18+,19-;;;;/m0011..../s1. The molecule has 788 valence electrons. The summed E-state index contributed by atoms with van der Waals surface area (Å²) in [6, 6.07) is 11.9. The summed E-state index contributed by atoms with van der Waals surface area (Å²) in [6.45, 7) is 14.0. The van der Waals surface area contributed by atoms with Crippen LogP contribution in [-0.2, 0) is 119 Å². The van der Waals surface area contributed by atoms with E-state index in [0.29, 0.717) is 117 Å². The number of aliphatic hydroxyl groups excluding tert-OH is 1. The number of alkyl halides is 12. The second kappa shape index (κ2) is 40.5. The maximum Gasteiger partial charge on any atom is 0.446 e. The second-order valence-corrected chi connectivity index (χ2v) is 38.8. The first kappa shape index (κ1) is 110. The Hall–Kier alpha value is -12.3. The van der Waals surface area contributed by atoms with Gasteiger partial charge in [0.05, 0.1) is 50.5 Å². The topological polar surface area (TPSA) is 481 Å². The van der Waals surface area contributed by atoms with E-state index in [1.54, 1.807) is 81.5 Å². The summed E-state index contributed by atoms with van der Waals surface area (Å²) >= 11 is 0. The predicted octanol–water partition coefficient (Wildman–Crippen LogP) is 8.00. The van der Waals surface area contributed by atoms with Gasteiger partial charge in [-0.25, -0.2) is 14.4 Å². The molecule has 4 saturated heterocycles. The maximum absolute atomic E-state index is 12.9. The number of carbonyl (C=O) groups is 11. The van der Waals surface area contributed by atoms with Gasteiger partial charge in [-0.1, -0.05) is 56.3 Å². The van der Waals surface area contributed by atoms with Gasteiger partial charge in [0, 0.05) is 91.0 Å². The fourth-order valence-electron chi connectivity index (χ4n) is 23.8. The summed E-state index contributed by atoms with van der Waals surface area (Å²) in [7, 11) is 8.08. The smallest absolute Gasteiger partial charge is 0.446 e. The largest absolute Gasteiger partial charge is 0.504 e. The van der Waals surface area contributed by atoms with E-state index in [-0.39, 0.29) is 71.2 Å². The third-order valence-corrected chi connectivity index (χ3v) is 30.2. The number of aliphatic hydroxyl groups is 5. The van der Waals surface area contributed by atoms with E-state index in [1.807, 2.05) is 65.5 Å². The number of carbonyl (C=O) groups excluding carboxylic acids is 11. The molecule has 0 unspecified atom stereocenters. The minimum absolute atomic E-state index is 0.0236. The van der Waals surface area contributed by atoms with Crippen LogP contribution in [-0.4, -0.2) is 300 Å². The monoisotopic (exact) mass is 2060 g/mol. The third kappa shape index (κ3) is 19.5. The number of hydrogen-bond acceptors (Lipinski definition) is 32. The number of allylic oxidation sites excluding steroid dienone is 3. The zero-order valence-corrected chi connectivity index (χ0v) is 80.1. The molecule has 0 saturated carbocycles. The molecule has 0 aromatic heterocycles. The number of ketones is 1. The molecule has 46 heteroatoms. The number of aromatic hydroxyl groups is 4. The van der Waals surface area contributed by atoms with Crippen molar-refractivity contribution in [1.82, 2.24) is 30.2 Å². The van der Waals surface area contributed by atoms with Crippen LogP contribution in [0.1, 0.15) is 151 Å². The number of likely N-dealkylation sites (tertiary alicyclic amines) is 4. The van der Waals surface area contributed by atoms with Gasteiger partial charge < -0.3 is 114 Å². The number of phenolic OH excluding ortho intramolecular Hbond substituents is 4. The molecule has 8 heterocycles. The van der Waals surface area contributed by atoms with Gasteiger partial charge in [-0.15, -0.1) is 0 Å². The van der Waals surface area contributed by atoms with Crippen LogP contribution >= 0.6 is 0 Å². The number of aldehydes is 4. The van der Waals surface area contributed by atoms with Gasteiger partial charge in [-0.2, -0.15) is 52.7 Å². The molecule has 4 fully saturated rings. The van der Waals surface area contributed by atoms with E-state index >= 15 is 0 Å². The van der Waals surface area contributed by atoms with Crippen molar-refractivity contribution in [2.45, 2.75) is 267 Å². The number of halogens is 12. The van der Waals surface area contributed by atoms with Gasteiger partial charge in [0.2, 0.25) is 37.0 Å². The van der Waals surface area contributed by atoms with Crippen LogP contribution < -0.4 is 29.6 Å². The summed E-state index contributed by atoms with van der Waals surface area (Å²) < 4.78 is 172. The zero-order chi connectivity index (χ0) is 107. The predicted molar refractivity (Wildman–Crippen MR) is 480 cm³/mol. The van der Waals surface area contributed by atoms with Crippen LogP contribution in [0.4, 0.5) is 52.7 Å². The molecule has 4 aromatic rings. The van der Waals surface area contributed by atoms with Crippen LogP contribution in [0.2, 0.25) is 0 Å². The molecular weight excluding hydrogens is 1950 g/mol. The molecule has 16 aliphatic rings. The van der Waals surface area contributed by atoms with Crippen molar-refractivity contribution in [3.05, 3.63) is 165 Å². The molecule has 11 N–H and O–H groups in total. The highest BCUT2D eigenvalue weighted by Gasteiger charge is 2.77. The normalized spacial score (nSPS) is 30.4. The highest BCUT2D eigenvalue weighted by atomic mass is 19.4. The lowest BCUT2D eigenvalue weighted by molar-refractivity contribution is -0.170. The van der Waals surface area contributed by atoms with Crippen molar-refractivity contribution in [3.8, 4) is 46.0 Å². The van der Waals surface area contributed by atoms with Crippen molar-refractivity contribution in [1.29, 1.82) is 0 Å². The second-order valence-electron chi connectivity index (χ2n) is 38.8. The molecule has 0 radical (unpaired) electrons. The molecule has 8 bridgehead atoms. The number of nitrogens with zero attached hydrogens (tertiary/aromatic N) is 4. The van der Waals surface area contributed by atoms with E-state index in [4.69, 9.17) is 57.1 Å². The number of Topliss-reactive ketones (excluding diaryl/α,β-unsaturated/α-hetero) is 1. The van der Waals surface area contributed by atoms with Crippen molar-refractivity contribution in [3.63, 3.8) is 0 Å². The Morgan fingerprint density at radius 1 is 0.428 bits per heavy atom. The first-order chi connectivity index (χ1) is 67.6. The Balaban J connectivity index is 0.000000151. The number of esters is 4. The minimum atomic E-state index is -4.64. The average Bonchev–Trinajstić information content (AvgIpc) is 1.55. The van der Waals surface area contributed by atoms with E-state index in [9.17, 15) is 132 Å². The molecule has 2 amide bonds. The van der Waals surface area contributed by atoms with Crippen molar-refractivity contribution in [2.75, 3.05) is 54.4 Å².